The summed E-state index contributed by atoms with van der Waals surface area (Å²) in [6.45, 7) is 0. The molecule has 0 radical (unpaired) electrons. The van der Waals surface area contributed by atoms with Gasteiger partial charge in [-0.2, -0.15) is 10.5 Å². The van der Waals surface area contributed by atoms with Gasteiger partial charge in [0.25, 0.3) is 0 Å². The molecule has 4 heteroatoms. The van der Waals surface area contributed by atoms with Gasteiger partial charge in [-0.3, -0.25) is 0 Å². The summed E-state index contributed by atoms with van der Waals surface area (Å²) < 4.78 is 5.86. The topological polar surface area (TPSA) is 60.1 Å². The first kappa shape index (κ1) is 16.1. The minimum atomic E-state index is 0.599. The molecule has 0 unspecified atom stereocenters. The minimum Gasteiger partial charge on any atom is -0.457 e. The molecule has 0 fully saturated rings. The molecule has 25 heavy (non-hydrogen) atoms. The second-order valence-corrected chi connectivity index (χ2v) is 5.45. The zero-order valence-electron chi connectivity index (χ0n) is 13.7. The summed E-state index contributed by atoms with van der Waals surface area (Å²) >= 11 is 0. The number of anilines is 2. The first-order valence-electron chi connectivity index (χ1n) is 7.71. The molecule has 0 amide bonds. The second-order valence-electron chi connectivity index (χ2n) is 5.45. The Morgan fingerprint density at radius 2 is 1.32 bits per heavy atom. The van der Waals surface area contributed by atoms with E-state index in [-0.39, 0.29) is 0 Å². The zero-order chi connectivity index (χ0) is 17.6. The van der Waals surface area contributed by atoms with Crippen LogP contribution < -0.4 is 9.64 Å². The Kier molecular flexibility index (Phi) is 4.65. The molecular formula is C21H15N3O. The Morgan fingerprint density at radius 1 is 0.720 bits per heavy atom. The molecule has 3 rings (SSSR count). The Hall–Kier alpha value is -3.76. The van der Waals surface area contributed by atoms with Crippen LogP contribution in [0.5, 0.6) is 11.5 Å². The molecule has 4 nitrogen and oxygen atoms in total. The lowest BCUT2D eigenvalue weighted by Gasteiger charge is -2.20. The highest BCUT2D eigenvalue weighted by Gasteiger charge is 2.06. The molecule has 0 saturated heterocycles. The smallest absolute Gasteiger partial charge is 0.129 e. The zero-order valence-corrected chi connectivity index (χ0v) is 13.7. The lowest BCUT2D eigenvalue weighted by molar-refractivity contribution is 0.483. The van der Waals surface area contributed by atoms with Crippen LogP contribution in [0.2, 0.25) is 0 Å². The number of ether oxygens (including phenoxy) is 1. The molecule has 0 aliphatic carbocycles. The lowest BCUT2D eigenvalue weighted by Crippen LogP contribution is -2.09. The number of nitrogens with zero attached hydrogens (tertiary/aromatic N) is 3. The largest absolute Gasteiger partial charge is 0.457 e. The van der Waals surface area contributed by atoms with E-state index in [1.165, 1.54) is 0 Å². The molecule has 0 N–H and O–H groups in total. The predicted octanol–water partition coefficient (Wildman–Crippen LogP) is 4.99. The fraction of sp³-hybridized carbons (Fsp3) is 0.0476. The minimum absolute atomic E-state index is 0.599. The van der Waals surface area contributed by atoms with Crippen molar-refractivity contribution >= 4 is 11.4 Å². The van der Waals surface area contributed by atoms with Gasteiger partial charge in [-0.1, -0.05) is 6.07 Å². The Bertz CT molecular complexity index is 948. The SMILES string of the molecule is CN(c1ccc(C#N)cc1)c1cccc(Oc2ccc(C#N)cc2)c1. The third-order valence-corrected chi connectivity index (χ3v) is 3.81. The first-order valence-corrected chi connectivity index (χ1v) is 7.71. The van der Waals surface area contributed by atoms with E-state index >= 15 is 0 Å². The van der Waals surface area contributed by atoms with E-state index in [1.807, 2.05) is 48.3 Å². The van der Waals surface area contributed by atoms with Gasteiger partial charge in [-0.15, -0.1) is 0 Å². The molecule has 0 aromatic heterocycles. The van der Waals surface area contributed by atoms with Gasteiger partial charge in [0, 0.05) is 24.5 Å². The van der Waals surface area contributed by atoms with E-state index in [4.69, 9.17) is 15.3 Å². The maximum Gasteiger partial charge on any atom is 0.129 e. The Balaban J connectivity index is 1.80. The van der Waals surface area contributed by atoms with Crippen molar-refractivity contribution in [1.82, 2.24) is 0 Å². The highest BCUT2D eigenvalue weighted by atomic mass is 16.5. The van der Waals surface area contributed by atoms with Gasteiger partial charge in [0.05, 0.1) is 23.3 Å². The molecule has 0 aliphatic rings. The van der Waals surface area contributed by atoms with E-state index in [0.717, 1.165) is 11.4 Å². The van der Waals surface area contributed by atoms with Crippen molar-refractivity contribution in [3.05, 3.63) is 83.9 Å². The van der Waals surface area contributed by atoms with E-state index < -0.39 is 0 Å². The number of benzene rings is 3. The summed E-state index contributed by atoms with van der Waals surface area (Å²) in [5.74, 6) is 1.39. The summed E-state index contributed by atoms with van der Waals surface area (Å²) in [4.78, 5) is 2.02. The van der Waals surface area contributed by atoms with Crippen LogP contribution in [0, 0.1) is 22.7 Å². The van der Waals surface area contributed by atoms with E-state index in [1.54, 1.807) is 36.4 Å². The highest BCUT2D eigenvalue weighted by Crippen LogP contribution is 2.29. The van der Waals surface area contributed by atoms with Gasteiger partial charge in [0.2, 0.25) is 0 Å². The molecule has 3 aromatic carbocycles. The van der Waals surface area contributed by atoms with Crippen molar-refractivity contribution in [2.45, 2.75) is 0 Å². The molecule has 120 valence electrons. The number of hydrogen-bond donors (Lipinski definition) is 0. The summed E-state index contributed by atoms with van der Waals surface area (Å²) in [6, 6.07) is 26.3. The monoisotopic (exact) mass is 325 g/mol. The third kappa shape index (κ3) is 3.77. The van der Waals surface area contributed by atoms with E-state index in [9.17, 15) is 0 Å². The van der Waals surface area contributed by atoms with Crippen molar-refractivity contribution in [1.29, 1.82) is 10.5 Å². The van der Waals surface area contributed by atoms with Crippen molar-refractivity contribution < 1.29 is 4.74 Å². The average Bonchev–Trinajstić information content (AvgIpc) is 2.68. The fourth-order valence-corrected chi connectivity index (χ4v) is 2.40. The van der Waals surface area contributed by atoms with Crippen LogP contribution in [-0.4, -0.2) is 7.05 Å². The second kappa shape index (κ2) is 7.21. The predicted molar refractivity (Wildman–Crippen MR) is 96.9 cm³/mol. The van der Waals surface area contributed by atoms with Crippen molar-refractivity contribution in [3.63, 3.8) is 0 Å². The fourth-order valence-electron chi connectivity index (χ4n) is 2.40. The summed E-state index contributed by atoms with van der Waals surface area (Å²) in [5.41, 5.74) is 3.18. The van der Waals surface area contributed by atoms with Gasteiger partial charge < -0.3 is 9.64 Å². The van der Waals surface area contributed by atoms with Gasteiger partial charge in [-0.25, -0.2) is 0 Å². The van der Waals surface area contributed by atoms with Crippen LogP contribution >= 0.6 is 0 Å². The molecule has 0 bridgehead atoms. The Morgan fingerprint density at radius 3 is 1.92 bits per heavy atom. The standard InChI is InChI=1S/C21H15N3O/c1-24(18-9-5-16(14-22)6-10-18)19-3-2-4-21(13-19)25-20-11-7-17(15-23)8-12-20/h2-13H,1H3. The first-order chi connectivity index (χ1) is 12.2. The van der Waals surface area contributed by atoms with E-state index in [0.29, 0.717) is 22.6 Å². The maximum atomic E-state index is 8.90. The molecule has 0 atom stereocenters. The lowest BCUT2D eigenvalue weighted by atomic mass is 10.2. The van der Waals surface area contributed by atoms with Gasteiger partial charge in [0.1, 0.15) is 11.5 Å². The highest BCUT2D eigenvalue weighted by molar-refractivity contribution is 5.64. The van der Waals surface area contributed by atoms with Crippen molar-refractivity contribution in [2.24, 2.45) is 0 Å². The van der Waals surface area contributed by atoms with E-state index in [2.05, 4.69) is 12.1 Å². The Labute approximate surface area is 146 Å². The number of rotatable bonds is 4. The van der Waals surface area contributed by atoms with Crippen LogP contribution in [0.25, 0.3) is 0 Å². The van der Waals surface area contributed by atoms with Crippen LogP contribution in [0.1, 0.15) is 11.1 Å². The maximum absolute atomic E-state index is 8.90. The normalized spacial score (nSPS) is 9.72. The molecule has 0 saturated carbocycles. The molecule has 0 aliphatic heterocycles. The molecule has 0 spiro atoms. The van der Waals surface area contributed by atoms with Crippen LogP contribution in [0.4, 0.5) is 11.4 Å². The molecule has 0 heterocycles. The third-order valence-electron chi connectivity index (χ3n) is 3.81. The van der Waals surface area contributed by atoms with Crippen molar-refractivity contribution in [3.8, 4) is 23.6 Å². The number of nitriles is 2. The van der Waals surface area contributed by atoms with Crippen LogP contribution in [0.15, 0.2) is 72.8 Å². The van der Waals surface area contributed by atoms with Crippen LogP contribution in [-0.2, 0) is 0 Å². The van der Waals surface area contributed by atoms with Gasteiger partial charge >= 0.3 is 0 Å². The summed E-state index contributed by atoms with van der Waals surface area (Å²) in [5, 5.41) is 17.7. The van der Waals surface area contributed by atoms with Gasteiger partial charge in [0.15, 0.2) is 0 Å². The number of hydrogen-bond acceptors (Lipinski definition) is 4. The summed E-state index contributed by atoms with van der Waals surface area (Å²) in [6.07, 6.45) is 0. The van der Waals surface area contributed by atoms with Crippen LogP contribution in [0.3, 0.4) is 0 Å². The van der Waals surface area contributed by atoms with Gasteiger partial charge in [-0.05, 0) is 60.7 Å². The quantitative estimate of drug-likeness (QED) is 0.678. The molecular weight excluding hydrogens is 310 g/mol. The molecule has 3 aromatic rings. The summed E-state index contributed by atoms with van der Waals surface area (Å²) in [7, 11) is 1.96. The van der Waals surface area contributed by atoms with Crippen molar-refractivity contribution in [2.75, 3.05) is 11.9 Å². The average molecular weight is 325 g/mol.